The van der Waals surface area contributed by atoms with Crippen LogP contribution in [0.4, 0.5) is 5.69 Å². The first-order valence-corrected chi connectivity index (χ1v) is 8.82. The molecular weight excluding hydrogens is 328 g/mol. The number of nitrogens with one attached hydrogen (secondary N) is 1. The van der Waals surface area contributed by atoms with Gasteiger partial charge in [-0.2, -0.15) is 0 Å². The Bertz CT molecular complexity index is 751. The molecule has 0 atom stereocenters. The van der Waals surface area contributed by atoms with Crippen molar-refractivity contribution >= 4 is 23.3 Å². The monoisotopic (exact) mass is 352 g/mol. The summed E-state index contributed by atoms with van der Waals surface area (Å²) in [7, 11) is 0. The normalized spacial score (nSPS) is 10.2. The maximum absolute atomic E-state index is 12.3. The van der Waals surface area contributed by atoms with Gasteiger partial charge in [0.2, 0.25) is 5.91 Å². The Morgan fingerprint density at radius 1 is 0.808 bits per heavy atom. The second kappa shape index (κ2) is 9.51. The molecular formula is C21H24N2O3. The largest absolute Gasteiger partial charge is 0.339 e. The summed E-state index contributed by atoms with van der Waals surface area (Å²) in [5.41, 5.74) is 1.81. The summed E-state index contributed by atoms with van der Waals surface area (Å²) in [6.07, 6.45) is 0.280. The zero-order chi connectivity index (χ0) is 18.9. The molecule has 0 aliphatic carbocycles. The quantitative estimate of drug-likeness (QED) is 0.736. The lowest BCUT2D eigenvalue weighted by atomic mass is 10.1. The first kappa shape index (κ1) is 19.4. The fourth-order valence-electron chi connectivity index (χ4n) is 2.61. The van der Waals surface area contributed by atoms with Gasteiger partial charge in [0, 0.05) is 42.7 Å². The molecule has 2 aromatic carbocycles. The van der Waals surface area contributed by atoms with E-state index in [0.717, 1.165) is 0 Å². The Morgan fingerprint density at radius 2 is 1.42 bits per heavy atom. The summed E-state index contributed by atoms with van der Waals surface area (Å²) in [4.78, 5) is 38.0. The van der Waals surface area contributed by atoms with Crippen LogP contribution in [0.5, 0.6) is 0 Å². The van der Waals surface area contributed by atoms with Crippen LogP contribution in [-0.2, 0) is 4.79 Å². The Labute approximate surface area is 154 Å². The van der Waals surface area contributed by atoms with Crippen LogP contribution in [-0.4, -0.2) is 35.6 Å². The smallest absolute Gasteiger partial charge is 0.253 e. The van der Waals surface area contributed by atoms with Crippen LogP contribution >= 0.6 is 0 Å². The van der Waals surface area contributed by atoms with Gasteiger partial charge in [-0.3, -0.25) is 14.4 Å². The van der Waals surface area contributed by atoms with Crippen molar-refractivity contribution in [1.82, 2.24) is 4.90 Å². The molecule has 0 saturated heterocycles. The van der Waals surface area contributed by atoms with Gasteiger partial charge in [-0.15, -0.1) is 0 Å². The molecule has 5 nitrogen and oxygen atoms in total. The van der Waals surface area contributed by atoms with Gasteiger partial charge in [0.05, 0.1) is 0 Å². The minimum Gasteiger partial charge on any atom is -0.339 e. The number of carbonyl (C=O) groups excluding carboxylic acids is 3. The summed E-state index contributed by atoms with van der Waals surface area (Å²) in [6.45, 7) is 5.19. The van der Waals surface area contributed by atoms with Crippen molar-refractivity contribution in [3.05, 3.63) is 65.7 Å². The molecule has 5 heteroatoms. The van der Waals surface area contributed by atoms with Crippen LogP contribution < -0.4 is 5.32 Å². The van der Waals surface area contributed by atoms with Crippen molar-refractivity contribution in [2.45, 2.75) is 26.7 Å². The number of hydrogen-bond acceptors (Lipinski definition) is 3. The third kappa shape index (κ3) is 5.28. The third-order valence-electron chi connectivity index (χ3n) is 4.14. The molecule has 0 fully saturated rings. The molecule has 0 unspecified atom stereocenters. The molecule has 0 heterocycles. The number of carbonyl (C=O) groups is 3. The number of benzene rings is 2. The standard InChI is InChI=1S/C21H24N2O3/c1-3-23(4-2)21(26)17-10-12-18(13-11-17)22-20(25)15-14-19(24)16-8-6-5-7-9-16/h5-13H,3-4,14-15H2,1-2H3,(H,22,25). The third-order valence-corrected chi connectivity index (χ3v) is 4.14. The fraction of sp³-hybridized carbons (Fsp3) is 0.286. The van der Waals surface area contributed by atoms with Gasteiger partial charge in [-0.1, -0.05) is 30.3 Å². The molecule has 0 spiro atoms. The number of ketones is 1. The zero-order valence-corrected chi connectivity index (χ0v) is 15.2. The lowest BCUT2D eigenvalue weighted by molar-refractivity contribution is -0.116. The highest BCUT2D eigenvalue weighted by Crippen LogP contribution is 2.13. The van der Waals surface area contributed by atoms with E-state index in [1.165, 1.54) is 0 Å². The van der Waals surface area contributed by atoms with E-state index < -0.39 is 0 Å². The average molecular weight is 352 g/mol. The van der Waals surface area contributed by atoms with Crippen molar-refractivity contribution in [2.24, 2.45) is 0 Å². The zero-order valence-electron chi connectivity index (χ0n) is 15.2. The van der Waals surface area contributed by atoms with Crippen molar-refractivity contribution in [1.29, 1.82) is 0 Å². The Kier molecular flexibility index (Phi) is 7.09. The summed E-state index contributed by atoms with van der Waals surface area (Å²) in [5, 5.41) is 2.76. The maximum atomic E-state index is 12.3. The van der Waals surface area contributed by atoms with Gasteiger partial charge < -0.3 is 10.2 Å². The van der Waals surface area contributed by atoms with E-state index >= 15 is 0 Å². The number of anilines is 1. The molecule has 136 valence electrons. The SMILES string of the molecule is CCN(CC)C(=O)c1ccc(NC(=O)CCC(=O)c2ccccc2)cc1. The van der Waals surface area contributed by atoms with Gasteiger partial charge in [0.15, 0.2) is 5.78 Å². The molecule has 2 amide bonds. The predicted molar refractivity (Wildman–Crippen MR) is 102 cm³/mol. The minimum absolute atomic E-state index is 0.0265. The summed E-state index contributed by atoms with van der Waals surface area (Å²) in [5.74, 6) is -0.306. The molecule has 2 rings (SSSR count). The van der Waals surface area contributed by atoms with E-state index in [1.54, 1.807) is 53.4 Å². The topological polar surface area (TPSA) is 66.5 Å². The number of Topliss-reactive ketones (excluding diaryl/α,β-unsaturated/α-hetero) is 1. The molecule has 2 aromatic rings. The number of hydrogen-bond donors (Lipinski definition) is 1. The highest BCUT2D eigenvalue weighted by molar-refractivity contribution is 6.00. The number of rotatable bonds is 8. The number of amides is 2. The van der Waals surface area contributed by atoms with E-state index in [1.807, 2.05) is 19.9 Å². The Hall–Kier alpha value is -2.95. The molecule has 0 radical (unpaired) electrons. The molecule has 0 saturated carbocycles. The minimum atomic E-state index is -0.225. The fourth-order valence-corrected chi connectivity index (χ4v) is 2.61. The highest BCUT2D eigenvalue weighted by atomic mass is 16.2. The lowest BCUT2D eigenvalue weighted by Gasteiger charge is -2.18. The van der Waals surface area contributed by atoms with Crippen molar-refractivity contribution in [3.63, 3.8) is 0 Å². The van der Waals surface area contributed by atoms with Gasteiger partial charge in [0.1, 0.15) is 0 Å². The van der Waals surface area contributed by atoms with Gasteiger partial charge in [-0.25, -0.2) is 0 Å². The van der Waals surface area contributed by atoms with E-state index in [4.69, 9.17) is 0 Å². The van der Waals surface area contributed by atoms with Crippen molar-refractivity contribution in [2.75, 3.05) is 18.4 Å². The molecule has 0 bridgehead atoms. The van der Waals surface area contributed by atoms with E-state index in [2.05, 4.69) is 5.32 Å². The van der Waals surface area contributed by atoms with Crippen LogP contribution in [0.25, 0.3) is 0 Å². The van der Waals surface area contributed by atoms with Crippen LogP contribution in [0.3, 0.4) is 0 Å². The van der Waals surface area contributed by atoms with Crippen LogP contribution in [0, 0.1) is 0 Å². The van der Waals surface area contributed by atoms with Crippen LogP contribution in [0.2, 0.25) is 0 Å². The predicted octanol–water partition coefficient (Wildman–Crippen LogP) is 3.77. The van der Waals surface area contributed by atoms with E-state index in [-0.39, 0.29) is 30.4 Å². The van der Waals surface area contributed by atoms with Gasteiger partial charge in [-0.05, 0) is 38.1 Å². The first-order valence-electron chi connectivity index (χ1n) is 8.82. The molecule has 0 aromatic heterocycles. The molecule has 1 N–H and O–H groups in total. The maximum Gasteiger partial charge on any atom is 0.253 e. The summed E-state index contributed by atoms with van der Waals surface area (Å²) in [6, 6.07) is 15.7. The second-order valence-corrected chi connectivity index (χ2v) is 5.89. The first-order chi connectivity index (χ1) is 12.5. The van der Waals surface area contributed by atoms with Crippen LogP contribution in [0.1, 0.15) is 47.4 Å². The lowest BCUT2D eigenvalue weighted by Crippen LogP contribution is -2.30. The molecule has 0 aliphatic heterocycles. The van der Waals surface area contributed by atoms with Crippen molar-refractivity contribution in [3.8, 4) is 0 Å². The highest BCUT2D eigenvalue weighted by Gasteiger charge is 2.13. The van der Waals surface area contributed by atoms with Crippen molar-refractivity contribution < 1.29 is 14.4 Å². The van der Waals surface area contributed by atoms with Gasteiger partial charge in [0.25, 0.3) is 5.91 Å². The molecule has 26 heavy (non-hydrogen) atoms. The van der Waals surface area contributed by atoms with E-state index in [0.29, 0.717) is 29.9 Å². The number of nitrogens with zero attached hydrogens (tertiary/aromatic N) is 1. The Balaban J connectivity index is 1.87. The summed E-state index contributed by atoms with van der Waals surface area (Å²) < 4.78 is 0. The summed E-state index contributed by atoms with van der Waals surface area (Å²) >= 11 is 0. The second-order valence-electron chi connectivity index (χ2n) is 5.89. The average Bonchev–Trinajstić information content (AvgIpc) is 2.68. The van der Waals surface area contributed by atoms with Gasteiger partial charge >= 0.3 is 0 Å². The Morgan fingerprint density at radius 3 is 2.00 bits per heavy atom. The molecule has 0 aliphatic rings. The van der Waals surface area contributed by atoms with Crippen LogP contribution in [0.15, 0.2) is 54.6 Å². The van der Waals surface area contributed by atoms with E-state index in [9.17, 15) is 14.4 Å².